The summed E-state index contributed by atoms with van der Waals surface area (Å²) in [5.41, 5.74) is 2.56. The van der Waals surface area contributed by atoms with Gasteiger partial charge in [-0.2, -0.15) is 0 Å². The lowest BCUT2D eigenvalue weighted by atomic mass is 10.2. The maximum atomic E-state index is 12.1. The van der Waals surface area contributed by atoms with Crippen LogP contribution in [0.2, 0.25) is 0 Å². The number of aromatic nitrogens is 2. The van der Waals surface area contributed by atoms with E-state index in [0.717, 1.165) is 24.0 Å². The van der Waals surface area contributed by atoms with Crippen LogP contribution in [0.4, 0.5) is 0 Å². The van der Waals surface area contributed by atoms with E-state index in [1.807, 2.05) is 49.6 Å². The summed E-state index contributed by atoms with van der Waals surface area (Å²) in [4.78, 5) is 16.5. The van der Waals surface area contributed by atoms with Crippen molar-refractivity contribution in [3.8, 4) is 0 Å². The van der Waals surface area contributed by atoms with Crippen molar-refractivity contribution in [2.24, 2.45) is 0 Å². The standard InChI is InChI=1S/C13H16N2O.C2H6/c1-3-9-15-12-8-6-5-7-11(12)14-10(4-2)13(15)16;1-2/h5-8H,3-4,9H2,1-2H3;1-2H3. The molecule has 2 aromatic rings. The molecule has 0 aliphatic rings. The minimum absolute atomic E-state index is 0.0584. The molecule has 0 aliphatic heterocycles. The first kappa shape index (κ1) is 14.4. The number of nitrogens with zero attached hydrogens (tertiary/aromatic N) is 2. The number of hydrogen-bond acceptors (Lipinski definition) is 2. The summed E-state index contributed by atoms with van der Waals surface area (Å²) < 4.78 is 1.83. The number of fused-ring (bicyclic) bond motifs is 1. The predicted octanol–water partition coefficient (Wildman–Crippen LogP) is 3.40. The summed E-state index contributed by atoms with van der Waals surface area (Å²) in [6, 6.07) is 7.82. The molecule has 0 fully saturated rings. The molecule has 3 nitrogen and oxygen atoms in total. The smallest absolute Gasteiger partial charge is 0.272 e. The molecule has 2 rings (SSSR count). The third-order valence-electron chi connectivity index (χ3n) is 2.70. The first-order valence-electron chi connectivity index (χ1n) is 6.76. The Morgan fingerprint density at radius 1 is 1.17 bits per heavy atom. The second-order valence-electron chi connectivity index (χ2n) is 3.86. The number of aryl methyl sites for hydroxylation is 2. The molecule has 98 valence electrons. The predicted molar refractivity (Wildman–Crippen MR) is 77.0 cm³/mol. The molecular weight excluding hydrogens is 224 g/mol. The summed E-state index contributed by atoms with van der Waals surface area (Å²) in [6.07, 6.45) is 1.64. The first-order valence-corrected chi connectivity index (χ1v) is 6.76. The minimum Gasteiger partial charge on any atom is -0.305 e. The zero-order valence-corrected chi connectivity index (χ0v) is 11.7. The van der Waals surface area contributed by atoms with Gasteiger partial charge < -0.3 is 4.57 Å². The van der Waals surface area contributed by atoms with Gasteiger partial charge >= 0.3 is 0 Å². The van der Waals surface area contributed by atoms with Crippen LogP contribution in [0.5, 0.6) is 0 Å². The lowest BCUT2D eigenvalue weighted by Crippen LogP contribution is -2.25. The zero-order chi connectivity index (χ0) is 13.5. The Balaban J connectivity index is 0.000000771. The first-order chi connectivity index (χ1) is 8.77. The van der Waals surface area contributed by atoms with E-state index in [1.165, 1.54) is 0 Å². The summed E-state index contributed by atoms with van der Waals surface area (Å²) in [6.45, 7) is 8.80. The number of benzene rings is 1. The second-order valence-corrected chi connectivity index (χ2v) is 3.86. The van der Waals surface area contributed by atoms with E-state index in [0.29, 0.717) is 12.1 Å². The summed E-state index contributed by atoms with van der Waals surface area (Å²) in [7, 11) is 0. The highest BCUT2D eigenvalue weighted by Crippen LogP contribution is 2.10. The second kappa shape index (κ2) is 6.94. The van der Waals surface area contributed by atoms with Crippen LogP contribution in [0.1, 0.15) is 39.8 Å². The van der Waals surface area contributed by atoms with Crippen molar-refractivity contribution in [3.05, 3.63) is 40.3 Å². The Labute approximate surface area is 108 Å². The van der Waals surface area contributed by atoms with Crippen molar-refractivity contribution in [1.82, 2.24) is 9.55 Å². The SMILES string of the molecule is CC.CCCn1c(=O)c(CC)nc2ccccc21. The Kier molecular flexibility index (Phi) is 5.56. The van der Waals surface area contributed by atoms with Crippen molar-refractivity contribution in [3.63, 3.8) is 0 Å². The molecule has 0 spiro atoms. The molecule has 0 amide bonds. The molecule has 18 heavy (non-hydrogen) atoms. The van der Waals surface area contributed by atoms with Crippen LogP contribution in [0.15, 0.2) is 29.1 Å². The average molecular weight is 246 g/mol. The Bertz CT molecular complexity index is 558. The molecule has 0 unspecified atom stereocenters. The van der Waals surface area contributed by atoms with E-state index in [2.05, 4.69) is 11.9 Å². The molecule has 0 radical (unpaired) electrons. The summed E-state index contributed by atoms with van der Waals surface area (Å²) in [5, 5.41) is 0. The van der Waals surface area contributed by atoms with Gasteiger partial charge in [-0.15, -0.1) is 0 Å². The zero-order valence-electron chi connectivity index (χ0n) is 11.7. The normalized spacial score (nSPS) is 10.0. The molecule has 0 bridgehead atoms. The van der Waals surface area contributed by atoms with E-state index in [1.54, 1.807) is 0 Å². The third kappa shape index (κ3) is 2.78. The fourth-order valence-corrected chi connectivity index (χ4v) is 1.92. The minimum atomic E-state index is 0.0584. The highest BCUT2D eigenvalue weighted by atomic mass is 16.1. The quantitative estimate of drug-likeness (QED) is 0.832. The van der Waals surface area contributed by atoms with Gasteiger partial charge in [-0.3, -0.25) is 4.79 Å². The van der Waals surface area contributed by atoms with Crippen molar-refractivity contribution in [1.29, 1.82) is 0 Å². The van der Waals surface area contributed by atoms with Crippen molar-refractivity contribution < 1.29 is 0 Å². The third-order valence-corrected chi connectivity index (χ3v) is 2.70. The Morgan fingerprint density at radius 2 is 1.83 bits per heavy atom. The van der Waals surface area contributed by atoms with Crippen LogP contribution >= 0.6 is 0 Å². The van der Waals surface area contributed by atoms with E-state index < -0.39 is 0 Å². The molecule has 1 heterocycles. The van der Waals surface area contributed by atoms with Gasteiger partial charge in [-0.25, -0.2) is 4.98 Å². The highest BCUT2D eigenvalue weighted by Gasteiger charge is 2.07. The molecule has 1 aromatic carbocycles. The van der Waals surface area contributed by atoms with Crippen molar-refractivity contribution in [2.45, 2.75) is 47.1 Å². The Hall–Kier alpha value is -1.64. The van der Waals surface area contributed by atoms with E-state index >= 15 is 0 Å². The van der Waals surface area contributed by atoms with Crippen LogP contribution in [0, 0.1) is 0 Å². The van der Waals surface area contributed by atoms with Gasteiger partial charge in [-0.1, -0.05) is 39.8 Å². The molecule has 0 N–H and O–H groups in total. The molecule has 0 aliphatic carbocycles. The molecule has 0 saturated carbocycles. The van der Waals surface area contributed by atoms with Crippen LogP contribution in [-0.4, -0.2) is 9.55 Å². The van der Waals surface area contributed by atoms with E-state index in [-0.39, 0.29) is 5.56 Å². The lowest BCUT2D eigenvalue weighted by molar-refractivity contribution is 0.665. The van der Waals surface area contributed by atoms with Gasteiger partial charge in [0.25, 0.3) is 5.56 Å². The maximum absolute atomic E-state index is 12.1. The number of rotatable bonds is 3. The average Bonchev–Trinajstić information content (AvgIpc) is 2.44. The fourth-order valence-electron chi connectivity index (χ4n) is 1.92. The summed E-state index contributed by atoms with van der Waals surface area (Å²) >= 11 is 0. The van der Waals surface area contributed by atoms with Gasteiger partial charge in [-0.05, 0) is 25.0 Å². The molecule has 3 heteroatoms. The lowest BCUT2D eigenvalue weighted by Gasteiger charge is -2.10. The topological polar surface area (TPSA) is 34.9 Å². The van der Waals surface area contributed by atoms with Crippen LogP contribution in [-0.2, 0) is 13.0 Å². The highest BCUT2D eigenvalue weighted by molar-refractivity contribution is 5.74. The summed E-state index contributed by atoms with van der Waals surface area (Å²) in [5.74, 6) is 0. The van der Waals surface area contributed by atoms with Gasteiger partial charge in [0.15, 0.2) is 0 Å². The molecule has 0 saturated heterocycles. The van der Waals surface area contributed by atoms with Crippen LogP contribution < -0.4 is 5.56 Å². The van der Waals surface area contributed by atoms with Gasteiger partial charge in [0, 0.05) is 6.54 Å². The number of para-hydroxylation sites is 2. The van der Waals surface area contributed by atoms with Crippen molar-refractivity contribution >= 4 is 11.0 Å². The van der Waals surface area contributed by atoms with Gasteiger partial charge in [0.2, 0.25) is 0 Å². The van der Waals surface area contributed by atoms with Crippen LogP contribution in [0.3, 0.4) is 0 Å². The van der Waals surface area contributed by atoms with E-state index in [4.69, 9.17) is 0 Å². The van der Waals surface area contributed by atoms with Crippen LogP contribution in [0.25, 0.3) is 11.0 Å². The van der Waals surface area contributed by atoms with Gasteiger partial charge in [0.05, 0.1) is 11.0 Å². The fraction of sp³-hybridized carbons (Fsp3) is 0.467. The van der Waals surface area contributed by atoms with Gasteiger partial charge in [0.1, 0.15) is 5.69 Å². The largest absolute Gasteiger partial charge is 0.305 e. The Morgan fingerprint density at radius 3 is 2.44 bits per heavy atom. The number of hydrogen-bond donors (Lipinski definition) is 0. The van der Waals surface area contributed by atoms with E-state index in [9.17, 15) is 4.79 Å². The van der Waals surface area contributed by atoms with Crippen molar-refractivity contribution in [2.75, 3.05) is 0 Å². The molecular formula is C15H22N2O. The monoisotopic (exact) mass is 246 g/mol. The maximum Gasteiger partial charge on any atom is 0.272 e. The molecule has 1 aromatic heterocycles. The molecule has 0 atom stereocenters.